The average Bonchev–Trinajstić information content (AvgIpc) is 2.00. The molecule has 2 atom stereocenters. The SMILES string of the molecule is CC=CC([SiH3])C(C)CCN(C)C. The van der Waals surface area contributed by atoms with E-state index >= 15 is 0 Å². The summed E-state index contributed by atoms with van der Waals surface area (Å²) in [5.74, 6) is 0.857. The average molecular weight is 185 g/mol. The van der Waals surface area contributed by atoms with E-state index in [0.717, 1.165) is 11.5 Å². The van der Waals surface area contributed by atoms with Gasteiger partial charge in [0, 0.05) is 10.2 Å². The number of nitrogens with zero attached hydrogens (tertiary/aromatic N) is 1. The van der Waals surface area contributed by atoms with Gasteiger partial charge in [-0.15, -0.1) is 0 Å². The van der Waals surface area contributed by atoms with Gasteiger partial charge in [-0.25, -0.2) is 0 Å². The lowest BCUT2D eigenvalue weighted by molar-refractivity contribution is 0.361. The zero-order chi connectivity index (χ0) is 9.56. The molecule has 0 aromatic heterocycles. The van der Waals surface area contributed by atoms with E-state index in [-0.39, 0.29) is 0 Å². The number of allylic oxidation sites excluding steroid dienone is 2. The minimum Gasteiger partial charge on any atom is -0.309 e. The summed E-state index contributed by atoms with van der Waals surface area (Å²) in [6, 6.07) is 0. The molecule has 0 aromatic carbocycles. The molecule has 0 bridgehead atoms. The summed E-state index contributed by atoms with van der Waals surface area (Å²) < 4.78 is 0. The summed E-state index contributed by atoms with van der Waals surface area (Å²) in [5.41, 5.74) is 0.856. The predicted octanol–water partition coefficient (Wildman–Crippen LogP) is 1.30. The van der Waals surface area contributed by atoms with Gasteiger partial charge in [0.1, 0.15) is 0 Å². The van der Waals surface area contributed by atoms with Crippen molar-refractivity contribution in [2.75, 3.05) is 20.6 Å². The van der Waals surface area contributed by atoms with Crippen LogP contribution in [0.1, 0.15) is 20.3 Å². The van der Waals surface area contributed by atoms with Crippen LogP contribution in [0.2, 0.25) is 5.54 Å². The fourth-order valence-electron chi connectivity index (χ4n) is 1.22. The van der Waals surface area contributed by atoms with Crippen LogP contribution in [0.15, 0.2) is 12.2 Å². The molecule has 72 valence electrons. The van der Waals surface area contributed by atoms with Crippen molar-refractivity contribution in [3.8, 4) is 0 Å². The highest BCUT2D eigenvalue weighted by Crippen LogP contribution is 2.19. The van der Waals surface area contributed by atoms with Gasteiger partial charge in [0.15, 0.2) is 0 Å². The van der Waals surface area contributed by atoms with Crippen LogP contribution in [0.5, 0.6) is 0 Å². The van der Waals surface area contributed by atoms with Crippen molar-refractivity contribution >= 4 is 10.2 Å². The van der Waals surface area contributed by atoms with Gasteiger partial charge >= 0.3 is 0 Å². The molecule has 0 N–H and O–H groups in total. The highest BCUT2D eigenvalue weighted by Gasteiger charge is 2.08. The molecule has 0 heterocycles. The zero-order valence-corrected chi connectivity index (χ0v) is 11.2. The van der Waals surface area contributed by atoms with Crippen LogP contribution < -0.4 is 0 Å². The second kappa shape index (κ2) is 6.43. The van der Waals surface area contributed by atoms with Gasteiger partial charge in [-0.2, -0.15) is 0 Å². The van der Waals surface area contributed by atoms with Crippen LogP contribution in [0.4, 0.5) is 0 Å². The number of hydrogen-bond acceptors (Lipinski definition) is 1. The second-order valence-electron chi connectivity index (χ2n) is 3.95. The normalized spacial score (nSPS) is 17.4. The molecule has 0 radical (unpaired) electrons. The molecule has 0 aromatic rings. The van der Waals surface area contributed by atoms with Crippen molar-refractivity contribution in [2.24, 2.45) is 5.92 Å². The quantitative estimate of drug-likeness (QED) is 0.461. The molecule has 0 aliphatic heterocycles. The van der Waals surface area contributed by atoms with Gasteiger partial charge in [-0.05, 0) is 45.4 Å². The third-order valence-electron chi connectivity index (χ3n) is 2.43. The van der Waals surface area contributed by atoms with Gasteiger partial charge in [0.25, 0.3) is 0 Å². The highest BCUT2D eigenvalue weighted by atomic mass is 28.1. The maximum absolute atomic E-state index is 2.36. The van der Waals surface area contributed by atoms with E-state index < -0.39 is 0 Å². The molecule has 0 fully saturated rings. The van der Waals surface area contributed by atoms with E-state index in [1.54, 1.807) is 0 Å². The third kappa shape index (κ3) is 5.55. The Labute approximate surface area is 80.3 Å². The van der Waals surface area contributed by atoms with E-state index in [1.807, 2.05) is 0 Å². The van der Waals surface area contributed by atoms with E-state index in [1.165, 1.54) is 23.2 Å². The first-order chi connectivity index (χ1) is 5.57. The van der Waals surface area contributed by atoms with Gasteiger partial charge in [0.2, 0.25) is 0 Å². The monoisotopic (exact) mass is 185 g/mol. The van der Waals surface area contributed by atoms with E-state index in [4.69, 9.17) is 0 Å². The fraction of sp³-hybridized carbons (Fsp3) is 0.800. The molecule has 12 heavy (non-hydrogen) atoms. The van der Waals surface area contributed by atoms with Crippen molar-refractivity contribution in [1.82, 2.24) is 4.90 Å². The Morgan fingerprint density at radius 2 is 2.00 bits per heavy atom. The minimum atomic E-state index is 0.856. The highest BCUT2D eigenvalue weighted by molar-refractivity contribution is 6.13. The first-order valence-electron chi connectivity index (χ1n) is 4.85. The third-order valence-corrected chi connectivity index (χ3v) is 3.95. The Hall–Kier alpha value is -0.0831. The topological polar surface area (TPSA) is 3.24 Å². The maximum Gasteiger partial charge on any atom is 0.0118 e. The fourth-order valence-corrected chi connectivity index (χ4v) is 1.94. The predicted molar refractivity (Wildman–Crippen MR) is 60.8 cm³/mol. The molecule has 2 heteroatoms. The molecule has 0 spiro atoms. The Bertz CT molecular complexity index is 132. The Morgan fingerprint density at radius 1 is 1.42 bits per heavy atom. The molecular weight excluding hydrogens is 162 g/mol. The van der Waals surface area contributed by atoms with Crippen LogP contribution in [0.3, 0.4) is 0 Å². The summed E-state index contributed by atoms with van der Waals surface area (Å²) in [7, 11) is 5.57. The van der Waals surface area contributed by atoms with Crippen molar-refractivity contribution in [3.63, 3.8) is 0 Å². The van der Waals surface area contributed by atoms with E-state index in [0.29, 0.717) is 0 Å². The first kappa shape index (κ1) is 11.9. The summed E-state index contributed by atoms with van der Waals surface area (Å²) in [6.07, 6.45) is 5.86. The molecule has 2 unspecified atom stereocenters. The number of hydrogen-bond donors (Lipinski definition) is 0. The summed E-state index contributed by atoms with van der Waals surface area (Å²) in [5, 5.41) is 0. The van der Waals surface area contributed by atoms with Gasteiger partial charge in [-0.3, -0.25) is 0 Å². The van der Waals surface area contributed by atoms with Crippen molar-refractivity contribution in [1.29, 1.82) is 0 Å². The van der Waals surface area contributed by atoms with E-state index in [2.05, 4.69) is 45.0 Å². The molecule has 0 saturated carbocycles. The lowest BCUT2D eigenvalue weighted by atomic mass is 10.0. The maximum atomic E-state index is 2.36. The molecule has 0 rings (SSSR count). The summed E-state index contributed by atoms with van der Waals surface area (Å²) in [6.45, 7) is 5.70. The molecule has 0 aliphatic rings. The van der Waals surface area contributed by atoms with Crippen LogP contribution in [-0.4, -0.2) is 35.8 Å². The van der Waals surface area contributed by atoms with Crippen molar-refractivity contribution in [3.05, 3.63) is 12.2 Å². The zero-order valence-electron chi connectivity index (χ0n) is 9.17. The molecule has 1 nitrogen and oxygen atoms in total. The first-order valence-corrected chi connectivity index (χ1v) is 6.01. The summed E-state index contributed by atoms with van der Waals surface area (Å²) in [4.78, 5) is 2.26. The Balaban J connectivity index is 3.63. The largest absolute Gasteiger partial charge is 0.309 e. The second-order valence-corrected chi connectivity index (χ2v) is 5.29. The van der Waals surface area contributed by atoms with Crippen LogP contribution in [0.25, 0.3) is 0 Å². The van der Waals surface area contributed by atoms with Crippen molar-refractivity contribution in [2.45, 2.75) is 25.8 Å². The van der Waals surface area contributed by atoms with Crippen molar-refractivity contribution < 1.29 is 0 Å². The van der Waals surface area contributed by atoms with Gasteiger partial charge in [-0.1, -0.05) is 19.1 Å². The van der Waals surface area contributed by atoms with E-state index in [9.17, 15) is 0 Å². The van der Waals surface area contributed by atoms with Gasteiger partial charge in [0.05, 0.1) is 0 Å². The van der Waals surface area contributed by atoms with Crippen LogP contribution in [-0.2, 0) is 0 Å². The number of rotatable bonds is 5. The minimum absolute atomic E-state index is 0.856. The standard InChI is InChI=1S/C10H23NSi/c1-5-6-10(12)9(2)7-8-11(3)4/h5-6,9-10H,7-8H2,1-4,12H3. The lowest BCUT2D eigenvalue weighted by Crippen LogP contribution is -2.17. The Morgan fingerprint density at radius 3 is 2.42 bits per heavy atom. The molecule has 0 aliphatic carbocycles. The summed E-state index contributed by atoms with van der Waals surface area (Å²) >= 11 is 0. The molecule has 0 amide bonds. The molecular formula is C10H23NSi. The molecule has 0 saturated heterocycles. The van der Waals surface area contributed by atoms with Crippen LogP contribution >= 0.6 is 0 Å². The van der Waals surface area contributed by atoms with Gasteiger partial charge < -0.3 is 4.90 Å². The Kier molecular flexibility index (Phi) is 6.39. The van der Waals surface area contributed by atoms with Crippen LogP contribution in [0, 0.1) is 5.92 Å². The lowest BCUT2D eigenvalue weighted by Gasteiger charge is -2.18. The smallest absolute Gasteiger partial charge is 0.0118 e.